The Kier molecular flexibility index (Phi) is 4.91. The van der Waals surface area contributed by atoms with Crippen LogP contribution in [0.15, 0.2) is 22.3 Å². The maximum absolute atomic E-state index is 14.8. The van der Waals surface area contributed by atoms with Crippen LogP contribution in [0.2, 0.25) is 5.02 Å². The zero-order valence-electron chi connectivity index (χ0n) is 13.2. The van der Waals surface area contributed by atoms with Gasteiger partial charge in [0.1, 0.15) is 23.0 Å². The van der Waals surface area contributed by atoms with Crippen molar-refractivity contribution in [1.82, 2.24) is 9.97 Å². The quantitative estimate of drug-likeness (QED) is 0.404. The van der Waals surface area contributed by atoms with E-state index in [1.54, 1.807) is 6.08 Å². The minimum atomic E-state index is -3.74. The number of rotatable bonds is 4. The fourth-order valence-electron chi connectivity index (χ4n) is 2.57. The normalized spacial score (nSPS) is 14.3. The predicted octanol–water partition coefficient (Wildman–Crippen LogP) is 3.36. The topological polar surface area (TPSA) is 72.4 Å². The number of hydrogen-bond donors (Lipinski definition) is 0. The number of halogens is 3. The van der Waals surface area contributed by atoms with Crippen LogP contribution in [0.5, 0.6) is 5.75 Å². The fourth-order valence-corrected chi connectivity index (χ4v) is 3.67. The molecule has 1 aliphatic rings. The van der Waals surface area contributed by atoms with Crippen LogP contribution in [-0.4, -0.2) is 44.3 Å². The molecule has 134 valence electrons. The number of benzene rings is 1. The summed E-state index contributed by atoms with van der Waals surface area (Å²) in [5.41, 5.74) is -0.151. The first-order valence-corrected chi connectivity index (χ1v) is 10.4. The predicted molar refractivity (Wildman–Crippen MR) is 97.8 cm³/mol. The van der Waals surface area contributed by atoms with Gasteiger partial charge in [0.25, 0.3) is 0 Å². The van der Waals surface area contributed by atoms with Gasteiger partial charge >= 0.3 is 0 Å². The van der Waals surface area contributed by atoms with Gasteiger partial charge in [0.05, 0.1) is 16.4 Å². The highest BCUT2D eigenvalue weighted by molar-refractivity contribution is 9.10. The first kappa shape index (κ1) is 18.3. The molecule has 2 heterocycles. The van der Waals surface area contributed by atoms with Gasteiger partial charge in [-0.1, -0.05) is 17.7 Å². The van der Waals surface area contributed by atoms with E-state index in [0.717, 1.165) is 6.26 Å². The smallest absolute Gasteiger partial charge is 0.249 e. The van der Waals surface area contributed by atoms with Gasteiger partial charge in [-0.15, -0.1) is 6.58 Å². The molecule has 0 spiro atoms. The Bertz CT molecular complexity index is 984. The van der Waals surface area contributed by atoms with Crippen molar-refractivity contribution >= 4 is 54.1 Å². The molecule has 0 fully saturated rings. The molecule has 0 amide bonds. The molecule has 6 nitrogen and oxygen atoms in total. The third-order valence-corrected chi connectivity index (χ3v) is 5.91. The Balaban J connectivity index is 2.43. The molecule has 25 heavy (non-hydrogen) atoms. The highest BCUT2D eigenvalue weighted by atomic mass is 79.9. The van der Waals surface area contributed by atoms with E-state index < -0.39 is 20.8 Å². The van der Waals surface area contributed by atoms with Crippen LogP contribution in [0.25, 0.3) is 10.9 Å². The van der Waals surface area contributed by atoms with Gasteiger partial charge in [-0.2, -0.15) is 0 Å². The number of anilines is 1. The summed E-state index contributed by atoms with van der Waals surface area (Å²) in [6.45, 7) is 4.93. The van der Waals surface area contributed by atoms with Crippen LogP contribution >= 0.6 is 27.5 Å². The summed E-state index contributed by atoms with van der Waals surface area (Å²) in [5.74, 6) is -0.236. The van der Waals surface area contributed by atoms with Gasteiger partial charge in [0.2, 0.25) is 15.0 Å². The van der Waals surface area contributed by atoms with Crippen molar-refractivity contribution in [3.05, 3.63) is 28.0 Å². The first-order valence-electron chi connectivity index (χ1n) is 7.32. The van der Waals surface area contributed by atoms with Crippen molar-refractivity contribution in [3.8, 4) is 5.75 Å². The second-order valence-electron chi connectivity index (χ2n) is 5.51. The lowest BCUT2D eigenvalue weighted by Gasteiger charge is -2.22. The number of aromatic nitrogens is 2. The van der Waals surface area contributed by atoms with Crippen LogP contribution in [0.1, 0.15) is 6.42 Å². The molecule has 0 N–H and O–H groups in total. The Morgan fingerprint density at radius 3 is 2.84 bits per heavy atom. The Morgan fingerprint density at radius 1 is 1.48 bits per heavy atom. The highest BCUT2D eigenvalue weighted by Gasteiger charge is 2.29. The third kappa shape index (κ3) is 3.20. The summed E-state index contributed by atoms with van der Waals surface area (Å²) in [6.07, 6.45) is 3.35. The standard InChI is InChI=1S/C15H14BrClFN3O3S/c1-3-4-5-21-6-7-24-13-8-12(11(18)9(16)10(13)17)19-15(20-14(8)21)25(2,22)23/h3H,1,4-7H2,2H3. The molecule has 0 saturated heterocycles. The number of sulfone groups is 1. The van der Waals surface area contributed by atoms with E-state index >= 15 is 0 Å². The van der Waals surface area contributed by atoms with E-state index in [0.29, 0.717) is 19.5 Å². The summed E-state index contributed by atoms with van der Waals surface area (Å²) < 4.78 is 44.4. The van der Waals surface area contributed by atoms with Gasteiger partial charge in [-0.05, 0) is 22.4 Å². The van der Waals surface area contributed by atoms with Crippen molar-refractivity contribution in [2.45, 2.75) is 11.6 Å². The van der Waals surface area contributed by atoms with E-state index in [2.05, 4.69) is 32.5 Å². The van der Waals surface area contributed by atoms with Crippen LogP contribution < -0.4 is 9.64 Å². The molecule has 2 aromatic rings. The molecule has 0 saturated carbocycles. The maximum Gasteiger partial charge on any atom is 0.249 e. The molecule has 0 atom stereocenters. The molecular weight excluding hydrogens is 437 g/mol. The molecule has 1 aromatic carbocycles. The third-order valence-electron chi connectivity index (χ3n) is 3.73. The molecule has 3 rings (SSSR count). The minimum Gasteiger partial charge on any atom is -0.489 e. The van der Waals surface area contributed by atoms with Crippen molar-refractivity contribution < 1.29 is 17.5 Å². The lowest BCUT2D eigenvalue weighted by Crippen LogP contribution is -2.29. The molecular formula is C15H14BrClFN3O3S. The van der Waals surface area contributed by atoms with Crippen molar-refractivity contribution in [2.24, 2.45) is 0 Å². The van der Waals surface area contributed by atoms with Gasteiger partial charge in [-0.3, -0.25) is 0 Å². The zero-order valence-corrected chi connectivity index (χ0v) is 16.4. The molecule has 1 aliphatic heterocycles. The molecule has 0 aliphatic carbocycles. The van der Waals surface area contributed by atoms with E-state index in [4.69, 9.17) is 16.3 Å². The maximum atomic E-state index is 14.8. The summed E-state index contributed by atoms with van der Waals surface area (Å²) in [4.78, 5) is 9.92. The van der Waals surface area contributed by atoms with Crippen LogP contribution in [0.3, 0.4) is 0 Å². The SMILES string of the molecule is C=CCCN1CCOc2c(Cl)c(Br)c(F)c3nc(S(C)(=O)=O)nc1c23. The molecule has 1 aromatic heterocycles. The van der Waals surface area contributed by atoms with Crippen molar-refractivity contribution in [3.63, 3.8) is 0 Å². The van der Waals surface area contributed by atoms with E-state index in [-0.39, 0.29) is 38.6 Å². The monoisotopic (exact) mass is 449 g/mol. The van der Waals surface area contributed by atoms with Crippen molar-refractivity contribution in [1.29, 1.82) is 0 Å². The fraction of sp³-hybridized carbons (Fsp3) is 0.333. The Labute approximate surface area is 157 Å². The summed E-state index contributed by atoms with van der Waals surface area (Å²) in [7, 11) is -3.74. The van der Waals surface area contributed by atoms with Crippen LogP contribution in [0.4, 0.5) is 10.2 Å². The largest absolute Gasteiger partial charge is 0.489 e. The lowest BCUT2D eigenvalue weighted by molar-refractivity contribution is 0.331. The molecule has 0 bridgehead atoms. The number of nitrogens with zero attached hydrogens (tertiary/aromatic N) is 3. The second-order valence-corrected chi connectivity index (χ2v) is 8.59. The molecule has 10 heteroatoms. The van der Waals surface area contributed by atoms with E-state index in [1.807, 2.05) is 4.90 Å². The number of ether oxygens (including phenoxy) is 1. The average Bonchev–Trinajstić information content (AvgIpc) is 2.75. The van der Waals surface area contributed by atoms with Crippen molar-refractivity contribution in [2.75, 3.05) is 30.9 Å². The van der Waals surface area contributed by atoms with E-state index in [1.165, 1.54) is 0 Å². The van der Waals surface area contributed by atoms with Crippen LogP contribution in [0, 0.1) is 5.82 Å². The second kappa shape index (κ2) is 6.69. The van der Waals surface area contributed by atoms with Crippen LogP contribution in [-0.2, 0) is 9.84 Å². The summed E-state index contributed by atoms with van der Waals surface area (Å²) in [5, 5.41) is -0.119. The molecule has 0 radical (unpaired) electrons. The average molecular weight is 451 g/mol. The first-order chi connectivity index (χ1) is 11.8. The van der Waals surface area contributed by atoms with E-state index in [9.17, 15) is 12.8 Å². The van der Waals surface area contributed by atoms with Gasteiger partial charge in [-0.25, -0.2) is 22.8 Å². The lowest BCUT2D eigenvalue weighted by atomic mass is 10.2. The van der Waals surface area contributed by atoms with Gasteiger partial charge in [0, 0.05) is 12.8 Å². The van der Waals surface area contributed by atoms with Gasteiger partial charge < -0.3 is 9.64 Å². The molecule has 0 unspecified atom stereocenters. The summed E-state index contributed by atoms with van der Waals surface area (Å²) in [6, 6.07) is 0. The Hall–Kier alpha value is -1.45. The highest BCUT2D eigenvalue weighted by Crippen LogP contribution is 2.45. The number of hydrogen-bond acceptors (Lipinski definition) is 6. The minimum absolute atomic E-state index is 0.0275. The zero-order chi connectivity index (χ0) is 18.4. The Morgan fingerprint density at radius 2 is 2.20 bits per heavy atom. The van der Waals surface area contributed by atoms with Gasteiger partial charge in [0.15, 0.2) is 11.6 Å². The summed E-state index contributed by atoms with van der Waals surface area (Å²) >= 11 is 9.29.